The summed E-state index contributed by atoms with van der Waals surface area (Å²) in [7, 11) is 0. The van der Waals surface area contributed by atoms with E-state index in [4.69, 9.17) is 0 Å². The second-order valence-corrected chi connectivity index (χ2v) is 4.84. The topological polar surface area (TPSA) is 46.2 Å². The summed E-state index contributed by atoms with van der Waals surface area (Å²) in [4.78, 5) is 24.2. The monoisotopic (exact) mass is 251 g/mol. The lowest BCUT2D eigenvalue weighted by atomic mass is 10.1. The smallest absolute Gasteiger partial charge is 0.222 e. The van der Waals surface area contributed by atoms with Gasteiger partial charge in [-0.05, 0) is 12.3 Å². The fraction of sp³-hybridized carbons (Fsp3) is 0.385. The van der Waals surface area contributed by atoms with Crippen molar-refractivity contribution in [1.82, 2.24) is 5.32 Å². The third-order valence-electron chi connectivity index (χ3n) is 2.35. The molecule has 0 spiro atoms. The highest BCUT2D eigenvalue weighted by Crippen LogP contribution is 2.19. The van der Waals surface area contributed by atoms with Gasteiger partial charge in [0.2, 0.25) is 5.91 Å². The number of hydrogen-bond donors (Lipinski definition) is 1. The maximum Gasteiger partial charge on any atom is 0.222 e. The average molecular weight is 251 g/mol. The van der Waals surface area contributed by atoms with Crippen LogP contribution in [0.3, 0.4) is 0 Å². The van der Waals surface area contributed by atoms with Crippen molar-refractivity contribution < 1.29 is 9.59 Å². The van der Waals surface area contributed by atoms with Crippen LogP contribution in [-0.2, 0) is 4.79 Å². The van der Waals surface area contributed by atoms with Gasteiger partial charge in [-0.25, -0.2) is 0 Å². The van der Waals surface area contributed by atoms with Gasteiger partial charge in [-0.15, -0.1) is 11.8 Å². The summed E-state index contributed by atoms with van der Waals surface area (Å²) in [5.74, 6) is -0.248. The third-order valence-corrected chi connectivity index (χ3v) is 3.15. The fourth-order valence-electron chi connectivity index (χ4n) is 1.34. The molecule has 0 aliphatic rings. The average Bonchev–Trinajstić information content (AvgIpc) is 2.35. The quantitative estimate of drug-likeness (QED) is 0.645. The molecular weight excluding hydrogens is 234 g/mol. The largest absolute Gasteiger partial charge is 0.348 e. The van der Waals surface area contributed by atoms with E-state index in [0.29, 0.717) is 5.56 Å². The molecule has 0 aromatic heterocycles. The summed E-state index contributed by atoms with van der Waals surface area (Å²) in [6, 6.07) is 7.42. The molecule has 1 aromatic carbocycles. The van der Waals surface area contributed by atoms with Crippen molar-refractivity contribution in [2.75, 3.05) is 12.8 Å². The molecule has 0 heterocycles. The lowest BCUT2D eigenvalue weighted by Gasteiger charge is -2.09. The Labute approximate surface area is 106 Å². The van der Waals surface area contributed by atoms with E-state index in [-0.39, 0.29) is 24.2 Å². The van der Waals surface area contributed by atoms with Gasteiger partial charge in [-0.1, -0.05) is 32.0 Å². The molecule has 0 bridgehead atoms. The molecule has 0 aliphatic carbocycles. The molecule has 1 rings (SSSR count). The van der Waals surface area contributed by atoms with E-state index in [2.05, 4.69) is 5.32 Å². The van der Waals surface area contributed by atoms with Crippen molar-refractivity contribution in [1.29, 1.82) is 0 Å². The first kappa shape index (κ1) is 13.8. The predicted octanol–water partition coefficient (Wildman–Crippen LogP) is 2.36. The van der Waals surface area contributed by atoms with Crippen molar-refractivity contribution in [2.24, 2.45) is 5.92 Å². The standard InChI is InChI=1S/C13H17NO2S/c1-9(2)13(16)14-8-11(15)10-6-4-5-7-12(10)17-3/h4-7,9H,8H2,1-3H3,(H,14,16). The Morgan fingerprint density at radius 1 is 1.29 bits per heavy atom. The molecule has 4 heteroatoms. The summed E-state index contributed by atoms with van der Waals surface area (Å²) in [5, 5.41) is 2.63. The molecule has 1 N–H and O–H groups in total. The van der Waals surface area contributed by atoms with Crippen LogP contribution in [-0.4, -0.2) is 24.5 Å². The minimum Gasteiger partial charge on any atom is -0.348 e. The summed E-state index contributed by atoms with van der Waals surface area (Å²) < 4.78 is 0. The third kappa shape index (κ3) is 3.89. The number of carbonyl (C=O) groups excluding carboxylic acids is 2. The van der Waals surface area contributed by atoms with Gasteiger partial charge < -0.3 is 5.32 Å². The minimum absolute atomic E-state index is 0.0519. The number of Topliss-reactive ketones (excluding diaryl/α,β-unsaturated/α-hetero) is 1. The Bertz CT molecular complexity index is 416. The number of amides is 1. The number of ketones is 1. The van der Waals surface area contributed by atoms with E-state index < -0.39 is 0 Å². The van der Waals surface area contributed by atoms with E-state index >= 15 is 0 Å². The van der Waals surface area contributed by atoms with Crippen LogP contribution in [0.1, 0.15) is 24.2 Å². The molecular formula is C13H17NO2S. The summed E-state index contributed by atoms with van der Waals surface area (Å²) in [5.41, 5.74) is 0.670. The van der Waals surface area contributed by atoms with Gasteiger partial charge in [0.05, 0.1) is 6.54 Å². The van der Waals surface area contributed by atoms with Crippen molar-refractivity contribution in [3.8, 4) is 0 Å². The maximum atomic E-state index is 11.9. The van der Waals surface area contributed by atoms with E-state index in [1.807, 2.05) is 24.5 Å². The minimum atomic E-state index is -0.0985. The van der Waals surface area contributed by atoms with Crippen LogP contribution in [0.4, 0.5) is 0 Å². The van der Waals surface area contributed by atoms with Crippen LogP contribution in [0.5, 0.6) is 0 Å². The van der Waals surface area contributed by atoms with E-state index in [9.17, 15) is 9.59 Å². The Hall–Kier alpha value is -1.29. The van der Waals surface area contributed by atoms with Crippen molar-refractivity contribution in [3.63, 3.8) is 0 Å². The number of rotatable bonds is 5. The zero-order chi connectivity index (χ0) is 12.8. The highest BCUT2D eigenvalue weighted by molar-refractivity contribution is 7.98. The highest BCUT2D eigenvalue weighted by Gasteiger charge is 2.12. The lowest BCUT2D eigenvalue weighted by molar-refractivity contribution is -0.123. The van der Waals surface area contributed by atoms with Crippen LogP contribution < -0.4 is 5.32 Å². The van der Waals surface area contributed by atoms with Crippen molar-refractivity contribution in [2.45, 2.75) is 18.7 Å². The van der Waals surface area contributed by atoms with Gasteiger partial charge in [-0.3, -0.25) is 9.59 Å². The van der Waals surface area contributed by atoms with E-state index in [1.165, 1.54) is 11.8 Å². The van der Waals surface area contributed by atoms with Crippen LogP contribution in [0.25, 0.3) is 0 Å². The molecule has 1 aromatic rings. The zero-order valence-corrected chi connectivity index (χ0v) is 11.1. The maximum absolute atomic E-state index is 11.9. The molecule has 0 radical (unpaired) electrons. The van der Waals surface area contributed by atoms with Gasteiger partial charge in [0.15, 0.2) is 5.78 Å². The van der Waals surface area contributed by atoms with Crippen LogP contribution in [0.15, 0.2) is 29.2 Å². The first-order valence-corrected chi connectivity index (χ1v) is 6.72. The van der Waals surface area contributed by atoms with Gasteiger partial charge in [0.25, 0.3) is 0 Å². The number of benzene rings is 1. The molecule has 0 saturated heterocycles. The molecule has 0 saturated carbocycles. The number of nitrogens with one attached hydrogen (secondary N) is 1. The van der Waals surface area contributed by atoms with Gasteiger partial charge in [-0.2, -0.15) is 0 Å². The van der Waals surface area contributed by atoms with Gasteiger partial charge in [0, 0.05) is 16.4 Å². The SMILES string of the molecule is CSc1ccccc1C(=O)CNC(=O)C(C)C. The molecule has 0 atom stereocenters. The summed E-state index contributed by atoms with van der Waals surface area (Å²) >= 11 is 1.53. The predicted molar refractivity (Wildman–Crippen MR) is 70.4 cm³/mol. The fourth-order valence-corrected chi connectivity index (χ4v) is 1.96. The Morgan fingerprint density at radius 2 is 1.94 bits per heavy atom. The van der Waals surface area contributed by atoms with Crippen molar-refractivity contribution in [3.05, 3.63) is 29.8 Å². The lowest BCUT2D eigenvalue weighted by Crippen LogP contribution is -2.32. The normalized spacial score (nSPS) is 10.4. The zero-order valence-electron chi connectivity index (χ0n) is 10.3. The Kier molecular flexibility index (Phi) is 5.22. The molecule has 1 amide bonds. The molecule has 0 aliphatic heterocycles. The first-order chi connectivity index (χ1) is 8.06. The highest BCUT2D eigenvalue weighted by atomic mass is 32.2. The van der Waals surface area contributed by atoms with Crippen molar-refractivity contribution >= 4 is 23.5 Å². The second kappa shape index (κ2) is 6.45. The van der Waals surface area contributed by atoms with Crippen LogP contribution in [0, 0.1) is 5.92 Å². The van der Waals surface area contributed by atoms with Gasteiger partial charge >= 0.3 is 0 Å². The first-order valence-electron chi connectivity index (χ1n) is 5.50. The number of carbonyl (C=O) groups is 2. The van der Waals surface area contributed by atoms with E-state index in [1.54, 1.807) is 19.9 Å². The molecule has 3 nitrogen and oxygen atoms in total. The Balaban J connectivity index is 2.67. The number of thioether (sulfide) groups is 1. The summed E-state index contributed by atoms with van der Waals surface area (Å²) in [6.07, 6.45) is 1.93. The van der Waals surface area contributed by atoms with Gasteiger partial charge in [0.1, 0.15) is 0 Å². The summed E-state index contributed by atoms with van der Waals surface area (Å²) in [6.45, 7) is 3.67. The molecule has 0 fully saturated rings. The second-order valence-electron chi connectivity index (χ2n) is 4.00. The van der Waals surface area contributed by atoms with Crippen LogP contribution in [0.2, 0.25) is 0 Å². The molecule has 17 heavy (non-hydrogen) atoms. The van der Waals surface area contributed by atoms with Crippen LogP contribution >= 0.6 is 11.8 Å². The Morgan fingerprint density at radius 3 is 2.53 bits per heavy atom. The molecule has 0 unspecified atom stereocenters. The molecule has 92 valence electrons. The van der Waals surface area contributed by atoms with E-state index in [0.717, 1.165) is 4.90 Å². The number of hydrogen-bond acceptors (Lipinski definition) is 3.